The van der Waals surface area contributed by atoms with Gasteiger partial charge in [-0.25, -0.2) is 4.39 Å². The molecule has 0 radical (unpaired) electrons. The van der Waals surface area contributed by atoms with Crippen molar-refractivity contribution in [2.45, 2.75) is 19.4 Å². The maximum Gasteiger partial charge on any atom is 0.225 e. The van der Waals surface area contributed by atoms with E-state index in [4.69, 9.17) is 16.9 Å². The molecule has 1 unspecified atom stereocenters. The molecule has 0 heterocycles. The summed E-state index contributed by atoms with van der Waals surface area (Å²) >= 11 is 5.95. The first-order valence-corrected chi connectivity index (χ1v) is 8.23. The third kappa shape index (κ3) is 5.28. The van der Waals surface area contributed by atoms with Gasteiger partial charge in [0.2, 0.25) is 5.91 Å². The average molecular weight is 360 g/mol. The van der Waals surface area contributed by atoms with Crippen LogP contribution in [0.3, 0.4) is 0 Å². The number of carbonyl (C=O) groups excluding carboxylic acids is 1. The molecule has 0 aliphatic carbocycles. The molecule has 0 fully saturated rings. The van der Waals surface area contributed by atoms with Gasteiger partial charge in [-0.3, -0.25) is 9.69 Å². The quantitative estimate of drug-likeness (QED) is 0.833. The predicted octanol–water partition coefficient (Wildman–Crippen LogP) is 4.37. The molecule has 0 aliphatic rings. The minimum Gasteiger partial charge on any atom is -0.326 e. The van der Waals surface area contributed by atoms with E-state index in [1.807, 2.05) is 24.9 Å². The Balaban J connectivity index is 1.87. The van der Waals surface area contributed by atoms with E-state index in [2.05, 4.69) is 5.32 Å². The first kappa shape index (κ1) is 18.9. The van der Waals surface area contributed by atoms with Gasteiger partial charge >= 0.3 is 0 Å². The molecule has 0 saturated carbocycles. The highest BCUT2D eigenvalue weighted by molar-refractivity contribution is 6.32. The minimum absolute atomic E-state index is 0.0674. The van der Waals surface area contributed by atoms with Gasteiger partial charge < -0.3 is 5.32 Å². The summed E-state index contributed by atoms with van der Waals surface area (Å²) in [7, 11) is 1.92. The lowest BCUT2D eigenvalue weighted by molar-refractivity contribution is -0.116. The van der Waals surface area contributed by atoms with Crippen molar-refractivity contribution in [2.24, 2.45) is 0 Å². The van der Waals surface area contributed by atoms with Crippen LogP contribution in [0.15, 0.2) is 42.5 Å². The molecule has 0 aromatic heterocycles. The predicted molar refractivity (Wildman–Crippen MR) is 96.9 cm³/mol. The first-order valence-electron chi connectivity index (χ1n) is 7.86. The Hall–Kier alpha value is -2.42. The van der Waals surface area contributed by atoms with Crippen molar-refractivity contribution in [3.8, 4) is 6.07 Å². The molecule has 130 valence electrons. The molecule has 2 aromatic carbocycles. The number of nitrogens with zero attached hydrogens (tertiary/aromatic N) is 2. The highest BCUT2D eigenvalue weighted by atomic mass is 35.5. The van der Waals surface area contributed by atoms with Crippen LogP contribution in [0.4, 0.5) is 10.1 Å². The lowest BCUT2D eigenvalue weighted by Gasteiger charge is -2.24. The van der Waals surface area contributed by atoms with E-state index >= 15 is 0 Å². The van der Waals surface area contributed by atoms with Gasteiger partial charge in [0.05, 0.1) is 10.6 Å². The summed E-state index contributed by atoms with van der Waals surface area (Å²) in [6.07, 6.45) is 0.305. The number of carbonyl (C=O) groups is 1. The van der Waals surface area contributed by atoms with Crippen LogP contribution in [0.25, 0.3) is 0 Å². The van der Waals surface area contributed by atoms with Crippen LogP contribution in [0, 0.1) is 17.1 Å². The van der Waals surface area contributed by atoms with Gasteiger partial charge in [-0.15, -0.1) is 0 Å². The van der Waals surface area contributed by atoms with Gasteiger partial charge in [0, 0.05) is 24.7 Å². The van der Waals surface area contributed by atoms with E-state index < -0.39 is 0 Å². The zero-order valence-electron chi connectivity index (χ0n) is 14.1. The minimum atomic E-state index is -0.265. The summed E-state index contributed by atoms with van der Waals surface area (Å²) in [5, 5.41) is 11.9. The fourth-order valence-electron chi connectivity index (χ4n) is 2.37. The molecule has 1 amide bonds. The van der Waals surface area contributed by atoms with Gasteiger partial charge in [-0.1, -0.05) is 23.7 Å². The standard InChI is InChI=1S/C19H19ClFN3O/c1-13(14-3-6-16(21)7-4-14)24(2)10-9-19(25)23-17-8-5-15(12-22)18(20)11-17/h3-8,11,13H,9-10H2,1-2H3,(H,23,25). The van der Waals surface area contributed by atoms with Crippen LogP contribution < -0.4 is 5.32 Å². The average Bonchev–Trinajstić information content (AvgIpc) is 2.60. The third-order valence-corrected chi connectivity index (χ3v) is 4.39. The van der Waals surface area contributed by atoms with Crippen molar-refractivity contribution in [3.05, 3.63) is 64.4 Å². The number of benzene rings is 2. The van der Waals surface area contributed by atoms with Crippen LogP contribution in [0.5, 0.6) is 0 Å². The van der Waals surface area contributed by atoms with Crippen LogP contribution in [-0.2, 0) is 4.79 Å². The largest absolute Gasteiger partial charge is 0.326 e. The molecule has 0 saturated heterocycles. The molecule has 0 spiro atoms. The van der Waals surface area contributed by atoms with Gasteiger partial charge in [-0.05, 0) is 49.9 Å². The number of amides is 1. The lowest BCUT2D eigenvalue weighted by atomic mass is 10.1. The summed E-state index contributed by atoms with van der Waals surface area (Å²) in [6, 6.07) is 13.2. The zero-order valence-corrected chi connectivity index (χ0v) is 14.8. The fourth-order valence-corrected chi connectivity index (χ4v) is 2.60. The Morgan fingerprint density at radius 3 is 2.60 bits per heavy atom. The van der Waals surface area contributed by atoms with E-state index in [0.717, 1.165) is 5.56 Å². The van der Waals surface area contributed by atoms with Crippen LogP contribution in [0.1, 0.15) is 30.5 Å². The Morgan fingerprint density at radius 2 is 2.00 bits per heavy atom. The Kier molecular flexibility index (Phi) is 6.51. The maximum atomic E-state index is 13.0. The monoisotopic (exact) mass is 359 g/mol. The van der Waals surface area contributed by atoms with Crippen LogP contribution >= 0.6 is 11.6 Å². The number of rotatable bonds is 6. The number of nitrogens with one attached hydrogen (secondary N) is 1. The number of nitriles is 1. The summed E-state index contributed by atoms with van der Waals surface area (Å²) in [5.74, 6) is -0.405. The van der Waals surface area contributed by atoms with Gasteiger partial charge in [0.25, 0.3) is 0 Å². The molecule has 4 nitrogen and oxygen atoms in total. The van der Waals surface area contributed by atoms with E-state index in [0.29, 0.717) is 29.2 Å². The van der Waals surface area contributed by atoms with Crippen molar-refractivity contribution in [1.29, 1.82) is 5.26 Å². The Bertz CT molecular complexity index is 786. The summed E-state index contributed by atoms with van der Waals surface area (Å²) < 4.78 is 13.0. The maximum absolute atomic E-state index is 13.0. The van der Waals surface area contributed by atoms with Crippen molar-refractivity contribution in [3.63, 3.8) is 0 Å². The van der Waals surface area contributed by atoms with Crippen LogP contribution in [0.2, 0.25) is 5.02 Å². The van der Waals surface area contributed by atoms with Crippen molar-refractivity contribution < 1.29 is 9.18 Å². The molecule has 0 bridgehead atoms. The van der Waals surface area contributed by atoms with E-state index in [9.17, 15) is 9.18 Å². The number of hydrogen-bond donors (Lipinski definition) is 1. The summed E-state index contributed by atoms with van der Waals surface area (Å²) in [6.45, 7) is 2.56. The molecule has 2 rings (SSSR count). The fraction of sp³-hybridized carbons (Fsp3) is 0.263. The molecule has 2 aromatic rings. The molecule has 25 heavy (non-hydrogen) atoms. The van der Waals surface area contributed by atoms with Gasteiger partial charge in [0.1, 0.15) is 11.9 Å². The van der Waals surface area contributed by atoms with E-state index in [1.54, 1.807) is 30.3 Å². The van der Waals surface area contributed by atoms with Crippen molar-refractivity contribution >= 4 is 23.2 Å². The second-order valence-corrected chi connectivity index (χ2v) is 6.22. The van der Waals surface area contributed by atoms with Gasteiger partial charge in [-0.2, -0.15) is 5.26 Å². The smallest absolute Gasteiger partial charge is 0.225 e. The Labute approximate surface area is 151 Å². The molecule has 1 atom stereocenters. The second kappa shape index (κ2) is 8.61. The van der Waals surface area contributed by atoms with E-state index in [-0.39, 0.29) is 17.8 Å². The van der Waals surface area contributed by atoms with Gasteiger partial charge in [0.15, 0.2) is 0 Å². The normalized spacial score (nSPS) is 11.8. The first-order chi connectivity index (χ1) is 11.9. The topological polar surface area (TPSA) is 56.1 Å². The highest BCUT2D eigenvalue weighted by Gasteiger charge is 2.13. The molecule has 6 heteroatoms. The number of hydrogen-bond acceptors (Lipinski definition) is 3. The van der Waals surface area contributed by atoms with Crippen LogP contribution in [-0.4, -0.2) is 24.4 Å². The van der Waals surface area contributed by atoms with E-state index in [1.165, 1.54) is 12.1 Å². The SMILES string of the molecule is CC(c1ccc(F)cc1)N(C)CCC(=O)Nc1ccc(C#N)c(Cl)c1. The number of anilines is 1. The third-order valence-electron chi connectivity index (χ3n) is 4.08. The molecular formula is C19H19ClFN3O. The zero-order chi connectivity index (χ0) is 18.4. The Morgan fingerprint density at radius 1 is 1.32 bits per heavy atom. The molecule has 0 aliphatic heterocycles. The van der Waals surface area contributed by atoms with Crippen molar-refractivity contribution in [1.82, 2.24) is 4.90 Å². The summed E-state index contributed by atoms with van der Waals surface area (Å²) in [5.41, 5.74) is 1.92. The summed E-state index contributed by atoms with van der Waals surface area (Å²) in [4.78, 5) is 14.1. The van der Waals surface area contributed by atoms with Crippen molar-refractivity contribution in [2.75, 3.05) is 18.9 Å². The molecule has 1 N–H and O–H groups in total. The second-order valence-electron chi connectivity index (χ2n) is 5.81. The lowest BCUT2D eigenvalue weighted by Crippen LogP contribution is -2.27. The molecular weight excluding hydrogens is 341 g/mol. The number of halogens is 2. The highest BCUT2D eigenvalue weighted by Crippen LogP contribution is 2.21.